The van der Waals surface area contributed by atoms with Crippen LogP contribution in [0.5, 0.6) is 0 Å². The highest BCUT2D eigenvalue weighted by Crippen LogP contribution is 2.34. The molecular formula is C11H20O4. The van der Waals surface area contributed by atoms with Crippen molar-refractivity contribution in [2.24, 2.45) is 5.41 Å². The number of hydrogen-bond donors (Lipinski definition) is 1. The molecule has 1 atom stereocenters. The topological polar surface area (TPSA) is 63.6 Å². The molecule has 15 heavy (non-hydrogen) atoms. The number of rotatable bonds is 3. The zero-order valence-corrected chi connectivity index (χ0v) is 9.87. The SMILES string of the molecule is CC.CC1(C)CC(CCC(=O)O)OC1=O. The van der Waals surface area contributed by atoms with Gasteiger partial charge in [-0.15, -0.1) is 0 Å². The Morgan fingerprint density at radius 3 is 2.40 bits per heavy atom. The third kappa shape index (κ3) is 4.32. The Bertz CT molecular complexity index is 233. The highest BCUT2D eigenvalue weighted by atomic mass is 16.6. The van der Waals surface area contributed by atoms with Gasteiger partial charge in [0.2, 0.25) is 0 Å². The summed E-state index contributed by atoms with van der Waals surface area (Å²) >= 11 is 0. The number of carbonyl (C=O) groups excluding carboxylic acids is 1. The molecule has 1 saturated heterocycles. The highest BCUT2D eigenvalue weighted by Gasteiger charge is 2.41. The summed E-state index contributed by atoms with van der Waals surface area (Å²) in [6, 6.07) is 0. The predicted octanol–water partition coefficient (Wildman–Crippen LogP) is 2.22. The molecule has 1 N–H and O–H groups in total. The molecule has 0 amide bonds. The molecule has 4 heteroatoms. The maximum atomic E-state index is 11.2. The maximum Gasteiger partial charge on any atom is 0.311 e. The van der Waals surface area contributed by atoms with Gasteiger partial charge in [0.15, 0.2) is 0 Å². The Hall–Kier alpha value is -1.06. The predicted molar refractivity (Wildman–Crippen MR) is 56.5 cm³/mol. The van der Waals surface area contributed by atoms with Crippen LogP contribution in [0.15, 0.2) is 0 Å². The van der Waals surface area contributed by atoms with Gasteiger partial charge in [0.05, 0.1) is 5.41 Å². The minimum Gasteiger partial charge on any atom is -0.481 e. The smallest absolute Gasteiger partial charge is 0.311 e. The molecule has 4 nitrogen and oxygen atoms in total. The third-order valence-electron chi connectivity index (χ3n) is 2.24. The Morgan fingerprint density at radius 2 is 2.07 bits per heavy atom. The van der Waals surface area contributed by atoms with Gasteiger partial charge in [0.1, 0.15) is 6.10 Å². The third-order valence-corrected chi connectivity index (χ3v) is 2.24. The first-order valence-corrected chi connectivity index (χ1v) is 5.35. The first-order valence-electron chi connectivity index (χ1n) is 5.35. The molecule has 1 fully saturated rings. The minimum atomic E-state index is -0.847. The molecule has 1 heterocycles. The van der Waals surface area contributed by atoms with Crippen molar-refractivity contribution in [1.82, 2.24) is 0 Å². The number of cyclic esters (lactones) is 1. The van der Waals surface area contributed by atoms with Gasteiger partial charge >= 0.3 is 11.9 Å². The second-order valence-corrected chi connectivity index (χ2v) is 4.05. The van der Waals surface area contributed by atoms with E-state index in [0.717, 1.165) is 0 Å². The van der Waals surface area contributed by atoms with Crippen molar-refractivity contribution in [3.63, 3.8) is 0 Å². The fraction of sp³-hybridized carbons (Fsp3) is 0.818. The molecule has 0 aromatic rings. The average molecular weight is 216 g/mol. The number of carboxylic acid groups (broad SMARTS) is 1. The number of hydrogen-bond acceptors (Lipinski definition) is 3. The summed E-state index contributed by atoms with van der Waals surface area (Å²) in [5, 5.41) is 8.43. The number of carbonyl (C=O) groups is 2. The van der Waals surface area contributed by atoms with Crippen LogP contribution in [0.2, 0.25) is 0 Å². The summed E-state index contributed by atoms with van der Waals surface area (Å²) in [7, 11) is 0. The second kappa shape index (κ2) is 5.73. The van der Waals surface area contributed by atoms with Crippen molar-refractivity contribution in [1.29, 1.82) is 0 Å². The molecule has 1 aliphatic rings. The zero-order valence-electron chi connectivity index (χ0n) is 9.87. The fourth-order valence-corrected chi connectivity index (χ4v) is 1.45. The van der Waals surface area contributed by atoms with Gasteiger partial charge in [0, 0.05) is 6.42 Å². The van der Waals surface area contributed by atoms with E-state index in [1.807, 2.05) is 27.7 Å². The number of ether oxygens (including phenoxy) is 1. The number of carboxylic acids is 1. The summed E-state index contributed by atoms with van der Waals surface area (Å²) in [6.07, 6.45) is 0.899. The van der Waals surface area contributed by atoms with E-state index in [1.165, 1.54) is 0 Å². The molecule has 1 unspecified atom stereocenters. The van der Waals surface area contributed by atoms with Crippen molar-refractivity contribution in [2.45, 2.75) is 53.1 Å². The number of aliphatic carboxylic acids is 1. The van der Waals surface area contributed by atoms with E-state index in [9.17, 15) is 9.59 Å². The van der Waals surface area contributed by atoms with Crippen LogP contribution in [0, 0.1) is 5.41 Å². The molecule has 0 aliphatic carbocycles. The van der Waals surface area contributed by atoms with E-state index in [1.54, 1.807) is 0 Å². The van der Waals surface area contributed by atoms with E-state index in [4.69, 9.17) is 9.84 Å². The summed E-state index contributed by atoms with van der Waals surface area (Å²) < 4.78 is 5.02. The standard InChI is InChI=1S/C9H14O4.C2H6/c1-9(2)5-6(13-8(9)12)3-4-7(10)11;1-2/h6H,3-5H2,1-2H3,(H,10,11);1-2H3. The van der Waals surface area contributed by atoms with E-state index in [2.05, 4.69) is 0 Å². The van der Waals surface area contributed by atoms with Crippen LogP contribution in [0.25, 0.3) is 0 Å². The summed E-state index contributed by atoms with van der Waals surface area (Å²) in [5.74, 6) is -1.07. The highest BCUT2D eigenvalue weighted by molar-refractivity contribution is 5.78. The Balaban J connectivity index is 0.000000921. The Kier molecular flexibility index (Phi) is 5.33. The Morgan fingerprint density at radius 1 is 1.53 bits per heavy atom. The minimum absolute atomic E-state index is 0.0635. The first-order chi connectivity index (χ1) is 6.92. The van der Waals surface area contributed by atoms with Crippen LogP contribution in [0.1, 0.15) is 47.0 Å². The van der Waals surface area contributed by atoms with Crippen molar-refractivity contribution in [3.8, 4) is 0 Å². The van der Waals surface area contributed by atoms with Gasteiger partial charge in [-0.05, 0) is 26.7 Å². The van der Waals surface area contributed by atoms with Gasteiger partial charge in [0.25, 0.3) is 0 Å². The molecule has 0 saturated carbocycles. The summed E-state index contributed by atoms with van der Waals surface area (Å²) in [4.78, 5) is 21.4. The Labute approximate surface area is 90.6 Å². The fourth-order valence-electron chi connectivity index (χ4n) is 1.45. The quantitative estimate of drug-likeness (QED) is 0.735. The van der Waals surface area contributed by atoms with Crippen LogP contribution in [-0.4, -0.2) is 23.1 Å². The first kappa shape index (κ1) is 13.9. The van der Waals surface area contributed by atoms with E-state index < -0.39 is 11.4 Å². The van der Waals surface area contributed by atoms with Crippen molar-refractivity contribution >= 4 is 11.9 Å². The van der Waals surface area contributed by atoms with Gasteiger partial charge in [-0.1, -0.05) is 13.8 Å². The molecule has 88 valence electrons. The molecule has 0 spiro atoms. The summed E-state index contributed by atoms with van der Waals surface area (Å²) in [6.45, 7) is 7.63. The van der Waals surface area contributed by atoms with Gasteiger partial charge in [-0.2, -0.15) is 0 Å². The monoisotopic (exact) mass is 216 g/mol. The lowest BCUT2D eigenvalue weighted by Crippen LogP contribution is -2.16. The van der Waals surface area contributed by atoms with Gasteiger partial charge in [-0.3, -0.25) is 9.59 Å². The van der Waals surface area contributed by atoms with Crippen LogP contribution >= 0.6 is 0 Å². The van der Waals surface area contributed by atoms with Crippen molar-refractivity contribution < 1.29 is 19.4 Å². The molecule has 1 aliphatic heterocycles. The van der Waals surface area contributed by atoms with Crippen LogP contribution in [0.4, 0.5) is 0 Å². The molecule has 1 rings (SSSR count). The average Bonchev–Trinajstić information content (AvgIpc) is 2.41. The van der Waals surface area contributed by atoms with Crippen molar-refractivity contribution in [3.05, 3.63) is 0 Å². The number of esters is 1. The maximum absolute atomic E-state index is 11.2. The van der Waals surface area contributed by atoms with Crippen LogP contribution in [0.3, 0.4) is 0 Å². The van der Waals surface area contributed by atoms with Gasteiger partial charge in [-0.25, -0.2) is 0 Å². The molecule has 0 bridgehead atoms. The lowest BCUT2D eigenvalue weighted by molar-refractivity contribution is -0.148. The van der Waals surface area contributed by atoms with E-state index in [-0.39, 0.29) is 18.5 Å². The van der Waals surface area contributed by atoms with Crippen LogP contribution < -0.4 is 0 Å². The largest absolute Gasteiger partial charge is 0.481 e. The van der Waals surface area contributed by atoms with E-state index >= 15 is 0 Å². The zero-order chi connectivity index (χ0) is 12.1. The second-order valence-electron chi connectivity index (χ2n) is 4.05. The van der Waals surface area contributed by atoms with Gasteiger partial charge < -0.3 is 9.84 Å². The van der Waals surface area contributed by atoms with Crippen molar-refractivity contribution in [2.75, 3.05) is 0 Å². The molecule has 0 aromatic carbocycles. The lowest BCUT2D eigenvalue weighted by atomic mass is 9.89. The molecule has 0 aromatic heterocycles. The summed E-state index contributed by atoms with van der Waals surface area (Å²) in [5.41, 5.74) is -0.441. The normalized spacial score (nSPS) is 22.7. The molecule has 0 radical (unpaired) electrons. The van der Waals surface area contributed by atoms with Crippen LogP contribution in [-0.2, 0) is 14.3 Å². The molecular weight excluding hydrogens is 196 g/mol. The van der Waals surface area contributed by atoms with E-state index in [0.29, 0.717) is 12.8 Å². The lowest BCUT2D eigenvalue weighted by Gasteiger charge is -2.09.